The quantitative estimate of drug-likeness (QED) is 0.887. The standard InChI is InChI=1S/C14H17N3O2/c1-9(2)19-12-6-4-11(5-7-12)14(18)16-13-10(3)8-15-17-13/h4-9H,1-3H3,(H2,15,16,17,18). The maximum Gasteiger partial charge on any atom is 0.256 e. The molecule has 2 aromatic rings. The number of rotatable bonds is 4. The average Bonchev–Trinajstić information content (AvgIpc) is 2.75. The van der Waals surface area contributed by atoms with Crippen molar-refractivity contribution in [3.05, 3.63) is 41.6 Å². The maximum absolute atomic E-state index is 12.0. The van der Waals surface area contributed by atoms with Crippen molar-refractivity contribution in [2.24, 2.45) is 0 Å². The van der Waals surface area contributed by atoms with E-state index in [1.807, 2.05) is 20.8 Å². The summed E-state index contributed by atoms with van der Waals surface area (Å²) < 4.78 is 5.53. The zero-order chi connectivity index (χ0) is 13.8. The molecule has 1 heterocycles. The van der Waals surface area contributed by atoms with Crippen molar-refractivity contribution in [1.29, 1.82) is 0 Å². The summed E-state index contributed by atoms with van der Waals surface area (Å²) >= 11 is 0. The number of nitrogens with zero attached hydrogens (tertiary/aromatic N) is 1. The van der Waals surface area contributed by atoms with Crippen LogP contribution in [-0.4, -0.2) is 22.2 Å². The number of aromatic amines is 1. The Hall–Kier alpha value is -2.30. The number of H-pyrrole nitrogens is 1. The van der Waals surface area contributed by atoms with Crippen LogP contribution < -0.4 is 10.1 Å². The minimum atomic E-state index is -0.177. The molecule has 1 amide bonds. The first-order chi connectivity index (χ1) is 9.06. The molecular formula is C14H17N3O2. The first-order valence-corrected chi connectivity index (χ1v) is 6.14. The monoisotopic (exact) mass is 259 g/mol. The molecule has 0 unspecified atom stereocenters. The molecule has 0 aliphatic carbocycles. The van der Waals surface area contributed by atoms with Gasteiger partial charge in [0, 0.05) is 11.1 Å². The van der Waals surface area contributed by atoms with Crippen LogP contribution in [0.2, 0.25) is 0 Å². The van der Waals surface area contributed by atoms with Crippen molar-refractivity contribution >= 4 is 11.7 Å². The largest absolute Gasteiger partial charge is 0.491 e. The van der Waals surface area contributed by atoms with E-state index in [1.165, 1.54) is 0 Å². The van der Waals surface area contributed by atoms with E-state index in [0.717, 1.165) is 11.3 Å². The van der Waals surface area contributed by atoms with Crippen molar-refractivity contribution in [3.63, 3.8) is 0 Å². The number of aryl methyl sites for hydroxylation is 1. The molecule has 100 valence electrons. The molecule has 0 saturated carbocycles. The molecule has 0 aliphatic heterocycles. The predicted octanol–water partition coefficient (Wildman–Crippen LogP) is 2.76. The number of aromatic nitrogens is 2. The molecular weight excluding hydrogens is 242 g/mol. The first-order valence-electron chi connectivity index (χ1n) is 6.14. The fraction of sp³-hybridized carbons (Fsp3) is 0.286. The van der Waals surface area contributed by atoms with E-state index >= 15 is 0 Å². The van der Waals surface area contributed by atoms with Crippen LogP contribution in [0.5, 0.6) is 5.75 Å². The number of benzene rings is 1. The fourth-order valence-corrected chi connectivity index (χ4v) is 1.62. The number of hydrogen-bond donors (Lipinski definition) is 2. The van der Waals surface area contributed by atoms with Crippen molar-refractivity contribution in [3.8, 4) is 5.75 Å². The summed E-state index contributed by atoms with van der Waals surface area (Å²) in [4.78, 5) is 12.0. The molecule has 0 radical (unpaired) electrons. The van der Waals surface area contributed by atoms with Gasteiger partial charge in [0.05, 0.1) is 12.3 Å². The van der Waals surface area contributed by atoms with Gasteiger partial charge in [-0.1, -0.05) is 0 Å². The zero-order valence-corrected chi connectivity index (χ0v) is 11.2. The summed E-state index contributed by atoms with van der Waals surface area (Å²) in [5, 5.41) is 9.36. The molecule has 2 rings (SSSR count). The number of nitrogens with one attached hydrogen (secondary N) is 2. The lowest BCUT2D eigenvalue weighted by Gasteiger charge is -2.10. The molecule has 0 fully saturated rings. The van der Waals surface area contributed by atoms with Gasteiger partial charge in [-0.2, -0.15) is 5.10 Å². The van der Waals surface area contributed by atoms with Crippen LogP contribution in [0, 0.1) is 6.92 Å². The number of hydrogen-bond acceptors (Lipinski definition) is 3. The van der Waals surface area contributed by atoms with Crippen LogP contribution in [0.4, 0.5) is 5.82 Å². The number of carbonyl (C=O) groups excluding carboxylic acids is 1. The van der Waals surface area contributed by atoms with Crippen LogP contribution in [0.1, 0.15) is 29.8 Å². The molecule has 0 saturated heterocycles. The van der Waals surface area contributed by atoms with Crippen LogP contribution in [0.15, 0.2) is 30.5 Å². The minimum absolute atomic E-state index is 0.118. The highest BCUT2D eigenvalue weighted by molar-refractivity contribution is 6.04. The van der Waals surface area contributed by atoms with E-state index in [-0.39, 0.29) is 12.0 Å². The number of ether oxygens (including phenoxy) is 1. The third-order valence-electron chi connectivity index (χ3n) is 2.56. The Bertz CT molecular complexity index is 558. The second-order valence-electron chi connectivity index (χ2n) is 4.57. The summed E-state index contributed by atoms with van der Waals surface area (Å²) in [7, 11) is 0. The van der Waals surface area contributed by atoms with Gasteiger partial charge in [-0.3, -0.25) is 9.89 Å². The topological polar surface area (TPSA) is 67.0 Å². The van der Waals surface area contributed by atoms with E-state index in [0.29, 0.717) is 11.4 Å². The molecule has 1 aromatic carbocycles. The van der Waals surface area contributed by atoms with E-state index in [1.54, 1.807) is 30.5 Å². The highest BCUT2D eigenvalue weighted by Crippen LogP contribution is 2.15. The normalized spacial score (nSPS) is 10.5. The van der Waals surface area contributed by atoms with Crippen LogP contribution in [0.25, 0.3) is 0 Å². The summed E-state index contributed by atoms with van der Waals surface area (Å²) in [5.41, 5.74) is 1.47. The van der Waals surface area contributed by atoms with Crippen LogP contribution in [-0.2, 0) is 0 Å². The van der Waals surface area contributed by atoms with E-state index in [9.17, 15) is 4.79 Å². The Balaban J connectivity index is 2.05. The van der Waals surface area contributed by atoms with Crippen LogP contribution in [0.3, 0.4) is 0 Å². The average molecular weight is 259 g/mol. The summed E-state index contributed by atoms with van der Waals surface area (Å²) in [6.07, 6.45) is 1.78. The molecule has 5 nitrogen and oxygen atoms in total. The summed E-state index contributed by atoms with van der Waals surface area (Å²) in [5.74, 6) is 1.19. The second kappa shape index (κ2) is 5.56. The van der Waals surface area contributed by atoms with Crippen molar-refractivity contribution < 1.29 is 9.53 Å². The Kier molecular flexibility index (Phi) is 3.85. The lowest BCUT2D eigenvalue weighted by atomic mass is 10.2. The van der Waals surface area contributed by atoms with Gasteiger partial charge in [-0.25, -0.2) is 0 Å². The van der Waals surface area contributed by atoms with Gasteiger partial charge in [0.2, 0.25) is 0 Å². The molecule has 2 N–H and O–H groups in total. The molecule has 5 heteroatoms. The van der Waals surface area contributed by atoms with E-state index in [2.05, 4.69) is 15.5 Å². The first kappa shape index (κ1) is 13.1. The smallest absolute Gasteiger partial charge is 0.256 e. The Morgan fingerprint density at radius 2 is 2.00 bits per heavy atom. The van der Waals surface area contributed by atoms with Crippen molar-refractivity contribution in [1.82, 2.24) is 10.2 Å². The molecule has 1 aromatic heterocycles. The SMILES string of the molecule is Cc1cn[nH]c1NC(=O)c1ccc(OC(C)C)cc1. The van der Waals surface area contributed by atoms with Crippen molar-refractivity contribution in [2.75, 3.05) is 5.32 Å². The molecule has 0 aliphatic rings. The highest BCUT2D eigenvalue weighted by atomic mass is 16.5. The molecule has 0 spiro atoms. The number of anilines is 1. The summed E-state index contributed by atoms with van der Waals surface area (Å²) in [6, 6.07) is 7.04. The maximum atomic E-state index is 12.0. The van der Waals surface area contributed by atoms with Crippen LogP contribution >= 0.6 is 0 Å². The van der Waals surface area contributed by atoms with Gasteiger partial charge in [0.15, 0.2) is 0 Å². The van der Waals surface area contributed by atoms with E-state index < -0.39 is 0 Å². The van der Waals surface area contributed by atoms with Crippen molar-refractivity contribution in [2.45, 2.75) is 26.9 Å². The Labute approximate surface area is 112 Å². The zero-order valence-electron chi connectivity index (χ0n) is 11.2. The van der Waals surface area contributed by atoms with Gasteiger partial charge in [-0.05, 0) is 45.0 Å². The predicted molar refractivity (Wildman–Crippen MR) is 73.5 cm³/mol. The minimum Gasteiger partial charge on any atom is -0.491 e. The third-order valence-corrected chi connectivity index (χ3v) is 2.56. The summed E-state index contributed by atoms with van der Waals surface area (Å²) in [6.45, 7) is 5.79. The number of amides is 1. The van der Waals surface area contributed by atoms with E-state index in [4.69, 9.17) is 4.74 Å². The van der Waals surface area contributed by atoms with Gasteiger partial charge in [-0.15, -0.1) is 0 Å². The molecule has 19 heavy (non-hydrogen) atoms. The molecule has 0 atom stereocenters. The second-order valence-corrected chi connectivity index (χ2v) is 4.57. The number of carbonyl (C=O) groups is 1. The Morgan fingerprint density at radius 1 is 1.32 bits per heavy atom. The van der Waals surface area contributed by atoms with Gasteiger partial charge in [0.25, 0.3) is 5.91 Å². The van der Waals surface area contributed by atoms with Gasteiger partial charge >= 0.3 is 0 Å². The fourth-order valence-electron chi connectivity index (χ4n) is 1.62. The van der Waals surface area contributed by atoms with Gasteiger partial charge in [0.1, 0.15) is 11.6 Å². The highest BCUT2D eigenvalue weighted by Gasteiger charge is 2.09. The van der Waals surface area contributed by atoms with Gasteiger partial charge < -0.3 is 10.1 Å². The lowest BCUT2D eigenvalue weighted by Crippen LogP contribution is -2.13. The molecule has 0 bridgehead atoms. The Morgan fingerprint density at radius 3 is 2.53 bits per heavy atom. The lowest BCUT2D eigenvalue weighted by molar-refractivity contribution is 0.102. The third kappa shape index (κ3) is 3.34.